The van der Waals surface area contributed by atoms with Crippen LogP contribution in [-0.2, 0) is 4.74 Å². The molecule has 1 heterocycles. The van der Waals surface area contributed by atoms with Crippen LogP contribution in [0.2, 0.25) is 0 Å². The first kappa shape index (κ1) is 13.2. The van der Waals surface area contributed by atoms with Crippen molar-refractivity contribution >= 4 is 23.4 Å². The number of ether oxygens (including phenoxy) is 1. The maximum Gasteiger partial charge on any atom is 0.340 e. The molecule has 2 rings (SSSR count). The van der Waals surface area contributed by atoms with Gasteiger partial charge in [-0.2, -0.15) is 0 Å². The molecule has 1 aliphatic rings. The van der Waals surface area contributed by atoms with Gasteiger partial charge in [0, 0.05) is 5.25 Å². The number of carbonyl (C=O) groups is 1. The predicted octanol–water partition coefficient (Wildman–Crippen LogP) is 2.88. The van der Waals surface area contributed by atoms with E-state index in [-0.39, 0.29) is 0 Å². The number of nitrogens with zero attached hydrogens (tertiary/aromatic N) is 1. The van der Waals surface area contributed by atoms with Gasteiger partial charge in [0.2, 0.25) is 0 Å². The monoisotopic (exact) mass is 266 g/mol. The minimum absolute atomic E-state index is 0.370. The molecule has 0 radical (unpaired) electrons. The van der Waals surface area contributed by atoms with Gasteiger partial charge in [-0.15, -0.1) is 11.8 Å². The molecule has 0 amide bonds. The van der Waals surface area contributed by atoms with Crippen LogP contribution in [-0.4, -0.2) is 23.3 Å². The number of methoxy groups -OCH3 is 1. The van der Waals surface area contributed by atoms with Crippen molar-refractivity contribution in [3.8, 4) is 0 Å². The fraction of sp³-hybridized carbons (Fsp3) is 0.538. The molecular formula is C13H18N2O2S. The van der Waals surface area contributed by atoms with Gasteiger partial charge in [0.25, 0.3) is 0 Å². The Morgan fingerprint density at radius 2 is 2.17 bits per heavy atom. The zero-order chi connectivity index (χ0) is 13.0. The lowest BCUT2D eigenvalue weighted by atomic mass is 10.0. The van der Waals surface area contributed by atoms with Crippen LogP contribution >= 0.6 is 11.8 Å². The smallest absolute Gasteiger partial charge is 0.340 e. The van der Waals surface area contributed by atoms with Crippen LogP contribution in [0, 0.1) is 0 Å². The number of esters is 1. The largest absolute Gasteiger partial charge is 0.465 e. The molecule has 2 N–H and O–H groups in total. The Balaban J connectivity index is 2.11. The molecular weight excluding hydrogens is 248 g/mol. The van der Waals surface area contributed by atoms with Crippen LogP contribution in [0.4, 0.5) is 5.69 Å². The second-order valence-electron chi connectivity index (χ2n) is 4.48. The number of rotatable bonds is 3. The van der Waals surface area contributed by atoms with Crippen LogP contribution in [0.5, 0.6) is 0 Å². The number of nitrogens with two attached hydrogens (primary N) is 1. The number of hydrogen-bond donors (Lipinski definition) is 1. The van der Waals surface area contributed by atoms with Gasteiger partial charge < -0.3 is 10.5 Å². The Morgan fingerprint density at radius 3 is 2.83 bits per heavy atom. The highest BCUT2D eigenvalue weighted by molar-refractivity contribution is 7.99. The van der Waals surface area contributed by atoms with E-state index >= 15 is 0 Å². The highest BCUT2D eigenvalue weighted by Crippen LogP contribution is 2.33. The molecule has 0 spiro atoms. The lowest BCUT2D eigenvalue weighted by molar-refractivity contribution is 0.0601. The quantitative estimate of drug-likeness (QED) is 0.852. The molecule has 0 bridgehead atoms. The van der Waals surface area contributed by atoms with Crippen molar-refractivity contribution < 1.29 is 9.53 Å². The summed E-state index contributed by atoms with van der Waals surface area (Å²) >= 11 is 1.74. The van der Waals surface area contributed by atoms with Crippen LogP contribution in [0.25, 0.3) is 0 Å². The van der Waals surface area contributed by atoms with Crippen molar-refractivity contribution in [2.45, 2.75) is 42.4 Å². The summed E-state index contributed by atoms with van der Waals surface area (Å²) in [6, 6.07) is 1.74. The topological polar surface area (TPSA) is 65.2 Å². The van der Waals surface area contributed by atoms with Crippen LogP contribution < -0.4 is 5.73 Å². The lowest BCUT2D eigenvalue weighted by Gasteiger charge is -2.20. The molecule has 1 fully saturated rings. The summed E-state index contributed by atoms with van der Waals surface area (Å²) in [6.07, 6.45) is 7.90. The first-order valence-corrected chi connectivity index (χ1v) is 7.09. The van der Waals surface area contributed by atoms with Gasteiger partial charge in [-0.1, -0.05) is 19.3 Å². The zero-order valence-corrected chi connectivity index (χ0v) is 11.3. The van der Waals surface area contributed by atoms with E-state index in [1.165, 1.54) is 45.4 Å². The summed E-state index contributed by atoms with van der Waals surface area (Å²) in [7, 11) is 1.36. The van der Waals surface area contributed by atoms with E-state index in [4.69, 9.17) is 10.5 Å². The highest BCUT2D eigenvalue weighted by atomic mass is 32.2. The van der Waals surface area contributed by atoms with Crippen LogP contribution in [0.15, 0.2) is 17.3 Å². The lowest BCUT2D eigenvalue weighted by Crippen LogP contribution is -2.10. The molecule has 0 unspecified atom stereocenters. The molecule has 18 heavy (non-hydrogen) atoms. The second-order valence-corrected chi connectivity index (χ2v) is 5.80. The summed E-state index contributed by atoms with van der Waals surface area (Å²) in [5, 5.41) is 1.47. The summed E-state index contributed by atoms with van der Waals surface area (Å²) in [5.74, 6) is -0.402. The standard InChI is InChI=1S/C13H18N2O2S/c1-17-13(16)10-7-12(15-8-11(10)14)18-9-5-3-2-4-6-9/h7-9H,2-6,14H2,1H3. The predicted molar refractivity (Wildman–Crippen MR) is 72.7 cm³/mol. The van der Waals surface area contributed by atoms with Gasteiger partial charge in [-0.25, -0.2) is 9.78 Å². The van der Waals surface area contributed by atoms with Gasteiger partial charge in [0.05, 0.1) is 29.6 Å². The molecule has 5 heteroatoms. The second kappa shape index (κ2) is 6.09. The highest BCUT2D eigenvalue weighted by Gasteiger charge is 2.17. The Kier molecular flexibility index (Phi) is 4.47. The first-order valence-electron chi connectivity index (χ1n) is 6.21. The zero-order valence-electron chi connectivity index (χ0n) is 10.5. The number of thioether (sulfide) groups is 1. The van der Waals surface area contributed by atoms with Crippen molar-refractivity contribution in [1.29, 1.82) is 0 Å². The third-order valence-corrected chi connectivity index (χ3v) is 4.42. The van der Waals surface area contributed by atoms with Crippen molar-refractivity contribution in [3.05, 3.63) is 17.8 Å². The van der Waals surface area contributed by atoms with Crippen molar-refractivity contribution in [2.24, 2.45) is 0 Å². The maximum atomic E-state index is 11.5. The minimum atomic E-state index is -0.402. The molecule has 98 valence electrons. The van der Waals surface area contributed by atoms with E-state index in [9.17, 15) is 4.79 Å². The van der Waals surface area contributed by atoms with Crippen LogP contribution in [0.3, 0.4) is 0 Å². The van der Waals surface area contributed by atoms with Gasteiger partial charge in [0.15, 0.2) is 0 Å². The van der Waals surface area contributed by atoms with Crippen molar-refractivity contribution in [1.82, 2.24) is 4.98 Å². The van der Waals surface area contributed by atoms with Crippen molar-refractivity contribution in [2.75, 3.05) is 12.8 Å². The fourth-order valence-electron chi connectivity index (χ4n) is 2.15. The normalized spacial score (nSPS) is 16.5. The molecule has 1 aromatic heterocycles. The molecule has 4 nitrogen and oxygen atoms in total. The Labute approximate surface area is 111 Å². The first-order chi connectivity index (χ1) is 8.70. The fourth-order valence-corrected chi connectivity index (χ4v) is 3.36. The maximum absolute atomic E-state index is 11.5. The van der Waals surface area contributed by atoms with E-state index in [0.717, 1.165) is 5.03 Å². The third kappa shape index (κ3) is 3.16. The van der Waals surface area contributed by atoms with Crippen molar-refractivity contribution in [3.63, 3.8) is 0 Å². The molecule has 0 saturated heterocycles. The molecule has 0 aromatic carbocycles. The summed E-state index contributed by atoms with van der Waals surface area (Å²) in [5.41, 5.74) is 6.50. The van der Waals surface area contributed by atoms with Gasteiger partial charge in [-0.05, 0) is 18.9 Å². The number of carbonyl (C=O) groups excluding carboxylic acids is 1. The SMILES string of the molecule is COC(=O)c1cc(SC2CCCCC2)ncc1N. The summed E-state index contributed by atoms with van der Waals surface area (Å²) < 4.78 is 4.71. The van der Waals surface area contributed by atoms with Crippen LogP contribution in [0.1, 0.15) is 42.5 Å². The van der Waals surface area contributed by atoms with E-state index in [0.29, 0.717) is 16.5 Å². The average molecular weight is 266 g/mol. The van der Waals surface area contributed by atoms with E-state index < -0.39 is 5.97 Å². The number of aromatic nitrogens is 1. The third-order valence-electron chi connectivity index (χ3n) is 3.15. The van der Waals surface area contributed by atoms with E-state index in [1.54, 1.807) is 17.8 Å². The number of pyridine rings is 1. The average Bonchev–Trinajstić information content (AvgIpc) is 2.41. The molecule has 0 aliphatic heterocycles. The summed E-state index contributed by atoms with van der Waals surface area (Å²) in [6.45, 7) is 0. The number of hydrogen-bond acceptors (Lipinski definition) is 5. The Hall–Kier alpha value is -1.23. The molecule has 1 aromatic rings. The molecule has 1 saturated carbocycles. The molecule has 0 atom stereocenters. The number of nitrogen functional groups attached to an aromatic ring is 1. The van der Waals surface area contributed by atoms with Gasteiger partial charge in [0.1, 0.15) is 0 Å². The van der Waals surface area contributed by atoms with E-state index in [2.05, 4.69) is 4.98 Å². The minimum Gasteiger partial charge on any atom is -0.465 e. The number of anilines is 1. The molecule has 1 aliphatic carbocycles. The Bertz CT molecular complexity index is 431. The van der Waals surface area contributed by atoms with Gasteiger partial charge >= 0.3 is 5.97 Å². The summed E-state index contributed by atoms with van der Waals surface area (Å²) in [4.78, 5) is 15.8. The van der Waals surface area contributed by atoms with Gasteiger partial charge in [-0.3, -0.25) is 0 Å². The van der Waals surface area contributed by atoms with E-state index in [1.807, 2.05) is 0 Å². The Morgan fingerprint density at radius 1 is 1.44 bits per heavy atom.